The van der Waals surface area contributed by atoms with Gasteiger partial charge in [0, 0.05) is 6.42 Å². The highest BCUT2D eigenvalue weighted by atomic mass is 32.1. The standard InChI is InChI=1S/C18H14FN3O5S/c19-11-5-6-12(14(9-11)22(25)26)20-16(23)10-27-18(24)8-7-17-21-13-3-1-2-4-15(13)28-17/h1-6,9H,7-8,10H2,(H,20,23). The van der Waals surface area contributed by atoms with Crippen molar-refractivity contribution in [2.45, 2.75) is 12.8 Å². The van der Waals surface area contributed by atoms with Crippen LogP contribution in [-0.2, 0) is 20.7 Å². The Balaban J connectivity index is 1.49. The SMILES string of the molecule is O=C(COC(=O)CCc1nc2ccccc2s1)Nc1ccc(F)cc1[N+](=O)[O-]. The number of hydrogen-bond acceptors (Lipinski definition) is 7. The summed E-state index contributed by atoms with van der Waals surface area (Å²) in [6.45, 7) is -0.604. The highest BCUT2D eigenvalue weighted by Crippen LogP contribution is 2.25. The number of nitro benzene ring substituents is 1. The molecule has 0 spiro atoms. The lowest BCUT2D eigenvalue weighted by Gasteiger charge is -2.07. The molecule has 0 aliphatic carbocycles. The summed E-state index contributed by atoms with van der Waals surface area (Å²) in [6, 6.07) is 10.3. The number of benzene rings is 2. The van der Waals surface area contributed by atoms with E-state index in [0.717, 1.165) is 27.4 Å². The number of nitrogens with one attached hydrogen (secondary N) is 1. The molecule has 0 saturated carbocycles. The number of hydrogen-bond donors (Lipinski definition) is 1. The van der Waals surface area contributed by atoms with Crippen LogP contribution in [-0.4, -0.2) is 28.4 Å². The third kappa shape index (κ3) is 4.86. The van der Waals surface area contributed by atoms with Crippen LogP contribution in [0.1, 0.15) is 11.4 Å². The molecule has 0 aliphatic heterocycles. The van der Waals surface area contributed by atoms with Gasteiger partial charge in [0.2, 0.25) is 0 Å². The van der Waals surface area contributed by atoms with Crippen LogP contribution < -0.4 is 5.32 Å². The molecule has 28 heavy (non-hydrogen) atoms. The summed E-state index contributed by atoms with van der Waals surface area (Å²) >= 11 is 1.48. The molecular weight excluding hydrogens is 389 g/mol. The summed E-state index contributed by atoms with van der Waals surface area (Å²) in [5.41, 5.74) is 0.0913. The first kappa shape index (κ1) is 19.4. The van der Waals surface area contributed by atoms with Gasteiger partial charge in [0.05, 0.1) is 32.6 Å². The van der Waals surface area contributed by atoms with Gasteiger partial charge in [-0.25, -0.2) is 9.37 Å². The monoisotopic (exact) mass is 403 g/mol. The van der Waals surface area contributed by atoms with Gasteiger partial charge in [-0.1, -0.05) is 12.1 Å². The Morgan fingerprint density at radius 3 is 2.79 bits per heavy atom. The van der Waals surface area contributed by atoms with E-state index < -0.39 is 34.9 Å². The van der Waals surface area contributed by atoms with E-state index in [9.17, 15) is 24.1 Å². The van der Waals surface area contributed by atoms with Gasteiger partial charge in [0.1, 0.15) is 11.5 Å². The molecule has 0 saturated heterocycles. The van der Waals surface area contributed by atoms with Crippen molar-refractivity contribution in [2.75, 3.05) is 11.9 Å². The molecule has 1 amide bonds. The predicted octanol–water partition coefficient (Wildman–Crippen LogP) is 3.46. The molecule has 0 radical (unpaired) electrons. The van der Waals surface area contributed by atoms with Crippen molar-refractivity contribution in [3.05, 3.63) is 63.4 Å². The maximum Gasteiger partial charge on any atom is 0.306 e. The van der Waals surface area contributed by atoms with Gasteiger partial charge in [-0.3, -0.25) is 19.7 Å². The molecule has 10 heteroatoms. The van der Waals surface area contributed by atoms with Crippen molar-refractivity contribution in [1.82, 2.24) is 4.98 Å². The molecule has 1 heterocycles. The van der Waals surface area contributed by atoms with E-state index in [2.05, 4.69) is 10.3 Å². The lowest BCUT2D eigenvalue weighted by Crippen LogP contribution is -2.21. The molecule has 3 rings (SSSR count). The first-order valence-electron chi connectivity index (χ1n) is 8.16. The molecule has 0 fully saturated rings. The highest BCUT2D eigenvalue weighted by Gasteiger charge is 2.18. The number of anilines is 1. The second kappa shape index (κ2) is 8.53. The van der Waals surface area contributed by atoms with Gasteiger partial charge < -0.3 is 10.1 Å². The van der Waals surface area contributed by atoms with Crippen LogP contribution in [0.25, 0.3) is 10.2 Å². The van der Waals surface area contributed by atoms with Crippen LogP contribution in [0.5, 0.6) is 0 Å². The van der Waals surface area contributed by atoms with Crippen LogP contribution >= 0.6 is 11.3 Å². The fraction of sp³-hybridized carbons (Fsp3) is 0.167. The molecular formula is C18H14FN3O5S. The number of nitro groups is 1. The van der Waals surface area contributed by atoms with Crippen molar-refractivity contribution >= 4 is 44.8 Å². The first-order chi connectivity index (χ1) is 13.4. The largest absolute Gasteiger partial charge is 0.456 e. The fourth-order valence-electron chi connectivity index (χ4n) is 2.40. The number of rotatable bonds is 7. The molecule has 0 aliphatic rings. The zero-order valence-electron chi connectivity index (χ0n) is 14.4. The number of ether oxygens (including phenoxy) is 1. The van der Waals surface area contributed by atoms with E-state index in [-0.39, 0.29) is 12.1 Å². The lowest BCUT2D eigenvalue weighted by molar-refractivity contribution is -0.384. The number of carbonyl (C=O) groups excluding carboxylic acids is 2. The van der Waals surface area contributed by atoms with E-state index in [1.807, 2.05) is 24.3 Å². The number of thiazole rings is 1. The van der Waals surface area contributed by atoms with Crippen LogP contribution in [0.3, 0.4) is 0 Å². The summed E-state index contributed by atoms with van der Waals surface area (Å²) in [4.78, 5) is 38.2. The smallest absolute Gasteiger partial charge is 0.306 e. The maximum absolute atomic E-state index is 13.1. The number of nitrogens with zero attached hydrogens (tertiary/aromatic N) is 2. The predicted molar refractivity (Wildman–Crippen MR) is 101 cm³/mol. The number of fused-ring (bicyclic) bond motifs is 1. The third-order valence-corrected chi connectivity index (χ3v) is 4.77. The Labute approximate surface area is 162 Å². The molecule has 1 N–H and O–H groups in total. The molecule has 1 aromatic heterocycles. The van der Waals surface area contributed by atoms with E-state index in [1.165, 1.54) is 11.3 Å². The summed E-state index contributed by atoms with van der Waals surface area (Å²) in [5, 5.41) is 13.9. The number of carbonyl (C=O) groups is 2. The maximum atomic E-state index is 13.1. The summed E-state index contributed by atoms with van der Waals surface area (Å²) in [6.07, 6.45) is 0.424. The Kier molecular flexibility index (Phi) is 5.90. The Morgan fingerprint density at radius 2 is 2.04 bits per heavy atom. The van der Waals surface area contributed by atoms with E-state index in [0.29, 0.717) is 12.5 Å². The Hall–Kier alpha value is -3.40. The summed E-state index contributed by atoms with van der Waals surface area (Å²) in [5.74, 6) is -2.16. The zero-order chi connectivity index (χ0) is 20.1. The molecule has 8 nitrogen and oxygen atoms in total. The quantitative estimate of drug-likeness (QED) is 0.367. The first-order valence-corrected chi connectivity index (χ1v) is 8.98. The zero-order valence-corrected chi connectivity index (χ0v) is 15.2. The molecule has 0 atom stereocenters. The van der Waals surface area contributed by atoms with Crippen LogP contribution in [0.2, 0.25) is 0 Å². The number of para-hydroxylation sites is 1. The van der Waals surface area contributed by atoms with Gasteiger partial charge in [0.25, 0.3) is 11.6 Å². The molecule has 2 aromatic carbocycles. The van der Waals surface area contributed by atoms with Crippen molar-refractivity contribution in [2.24, 2.45) is 0 Å². The molecule has 144 valence electrons. The Bertz CT molecular complexity index is 1020. The minimum atomic E-state index is -0.817. The van der Waals surface area contributed by atoms with Crippen molar-refractivity contribution in [3.8, 4) is 0 Å². The summed E-state index contributed by atoms with van der Waals surface area (Å²) in [7, 11) is 0. The lowest BCUT2D eigenvalue weighted by atomic mass is 10.2. The topological polar surface area (TPSA) is 111 Å². The molecule has 3 aromatic rings. The number of aryl methyl sites for hydroxylation is 1. The number of amides is 1. The van der Waals surface area contributed by atoms with E-state index in [1.54, 1.807) is 0 Å². The van der Waals surface area contributed by atoms with Gasteiger partial charge in [-0.2, -0.15) is 0 Å². The normalized spacial score (nSPS) is 10.6. The van der Waals surface area contributed by atoms with Gasteiger partial charge in [-0.05, 0) is 24.3 Å². The highest BCUT2D eigenvalue weighted by molar-refractivity contribution is 7.18. The van der Waals surface area contributed by atoms with Crippen molar-refractivity contribution in [3.63, 3.8) is 0 Å². The van der Waals surface area contributed by atoms with Gasteiger partial charge in [0.15, 0.2) is 6.61 Å². The summed E-state index contributed by atoms with van der Waals surface area (Å²) < 4.78 is 19.0. The van der Waals surface area contributed by atoms with Crippen LogP contribution in [0, 0.1) is 15.9 Å². The Morgan fingerprint density at radius 1 is 1.25 bits per heavy atom. The number of halogens is 1. The number of aromatic nitrogens is 1. The average molecular weight is 403 g/mol. The third-order valence-electron chi connectivity index (χ3n) is 3.68. The van der Waals surface area contributed by atoms with Crippen LogP contribution in [0.15, 0.2) is 42.5 Å². The van der Waals surface area contributed by atoms with E-state index in [4.69, 9.17) is 4.74 Å². The second-order valence-electron chi connectivity index (χ2n) is 5.70. The molecule has 0 unspecified atom stereocenters. The van der Waals surface area contributed by atoms with Crippen molar-refractivity contribution < 1.29 is 23.6 Å². The second-order valence-corrected chi connectivity index (χ2v) is 6.82. The fourth-order valence-corrected chi connectivity index (χ4v) is 3.37. The van der Waals surface area contributed by atoms with E-state index >= 15 is 0 Å². The van der Waals surface area contributed by atoms with Crippen molar-refractivity contribution in [1.29, 1.82) is 0 Å². The van der Waals surface area contributed by atoms with Gasteiger partial charge >= 0.3 is 5.97 Å². The van der Waals surface area contributed by atoms with Gasteiger partial charge in [-0.15, -0.1) is 11.3 Å². The number of esters is 1. The minimum absolute atomic E-state index is 0.0454. The average Bonchev–Trinajstić information content (AvgIpc) is 3.09. The molecule has 0 bridgehead atoms. The minimum Gasteiger partial charge on any atom is -0.456 e. The van der Waals surface area contributed by atoms with Crippen LogP contribution in [0.4, 0.5) is 15.8 Å².